The molecule has 4 nitrogen and oxygen atoms in total. The van der Waals surface area contributed by atoms with Crippen molar-refractivity contribution in [2.45, 2.75) is 26.2 Å². The summed E-state index contributed by atoms with van der Waals surface area (Å²) >= 11 is 0. The van der Waals surface area contributed by atoms with Gasteiger partial charge in [-0.25, -0.2) is 0 Å². The number of likely N-dealkylation sites (N-methyl/N-ethyl adjacent to an activating group) is 1. The summed E-state index contributed by atoms with van der Waals surface area (Å²) in [6.07, 6.45) is 1.68. The van der Waals surface area contributed by atoms with Gasteiger partial charge in [0, 0.05) is 23.3 Å². The number of nitrogens with zero attached hydrogens (tertiary/aromatic N) is 1. The number of rotatable bonds is 2. The van der Waals surface area contributed by atoms with Crippen LogP contribution in [0.4, 0.5) is 5.69 Å². The summed E-state index contributed by atoms with van der Waals surface area (Å²) in [4.78, 5) is 25.3. The Kier molecular flexibility index (Phi) is 3.16. The van der Waals surface area contributed by atoms with Gasteiger partial charge in [-0.3, -0.25) is 9.59 Å². The van der Waals surface area contributed by atoms with E-state index in [4.69, 9.17) is 0 Å². The third kappa shape index (κ3) is 1.94. The highest BCUT2D eigenvalue weighted by Crippen LogP contribution is 2.51. The molecule has 126 valence electrons. The van der Waals surface area contributed by atoms with Gasteiger partial charge in [0.15, 0.2) is 5.75 Å². The minimum atomic E-state index is -0.798. The van der Waals surface area contributed by atoms with E-state index in [1.54, 1.807) is 6.08 Å². The molecule has 0 aliphatic carbocycles. The Labute approximate surface area is 145 Å². The maximum absolute atomic E-state index is 11.8. The largest absolute Gasteiger partial charge is 0.504 e. The third-order valence-electron chi connectivity index (χ3n) is 5.27. The minimum absolute atomic E-state index is 0.114. The monoisotopic (exact) mass is 333 g/mol. The summed E-state index contributed by atoms with van der Waals surface area (Å²) in [7, 11) is 0. The minimum Gasteiger partial charge on any atom is -0.504 e. The Hall–Kier alpha value is -2.88. The van der Waals surface area contributed by atoms with E-state index in [9.17, 15) is 14.7 Å². The molecular formula is C21H19NO3. The second kappa shape index (κ2) is 5.06. The molecule has 0 fully saturated rings. The van der Waals surface area contributed by atoms with Gasteiger partial charge in [-0.2, -0.15) is 0 Å². The van der Waals surface area contributed by atoms with E-state index in [0.717, 1.165) is 17.9 Å². The molecule has 1 aliphatic heterocycles. The molecule has 0 saturated heterocycles. The zero-order valence-corrected chi connectivity index (χ0v) is 14.5. The van der Waals surface area contributed by atoms with Gasteiger partial charge in [-0.15, -0.1) is 0 Å². The molecule has 3 aromatic rings. The van der Waals surface area contributed by atoms with Gasteiger partial charge in [-0.1, -0.05) is 44.2 Å². The van der Waals surface area contributed by atoms with Crippen molar-refractivity contribution in [3.63, 3.8) is 0 Å². The van der Waals surface area contributed by atoms with Crippen molar-refractivity contribution in [2.24, 2.45) is 0 Å². The Balaban J connectivity index is 2.01. The topological polar surface area (TPSA) is 57.6 Å². The van der Waals surface area contributed by atoms with Crippen LogP contribution >= 0.6 is 0 Å². The van der Waals surface area contributed by atoms with Gasteiger partial charge in [0.1, 0.15) is 0 Å². The van der Waals surface area contributed by atoms with E-state index in [0.29, 0.717) is 0 Å². The molecule has 0 spiro atoms. The van der Waals surface area contributed by atoms with Crippen molar-refractivity contribution < 1.29 is 5.11 Å². The first kappa shape index (κ1) is 15.6. The molecule has 3 aromatic carbocycles. The summed E-state index contributed by atoms with van der Waals surface area (Å²) in [6.45, 7) is 7.01. The number of hydrogen-bond acceptors (Lipinski definition) is 4. The predicted molar refractivity (Wildman–Crippen MR) is 101 cm³/mol. The van der Waals surface area contributed by atoms with Crippen molar-refractivity contribution in [2.75, 3.05) is 11.4 Å². The second-order valence-electron chi connectivity index (χ2n) is 7.00. The van der Waals surface area contributed by atoms with Crippen molar-refractivity contribution in [3.05, 3.63) is 73.7 Å². The van der Waals surface area contributed by atoms with Crippen molar-refractivity contribution >= 4 is 22.5 Å². The second-order valence-corrected chi connectivity index (χ2v) is 7.00. The first-order valence-electron chi connectivity index (χ1n) is 8.42. The quantitative estimate of drug-likeness (QED) is 0.731. The van der Waals surface area contributed by atoms with Crippen molar-refractivity contribution in [1.82, 2.24) is 0 Å². The van der Waals surface area contributed by atoms with Crippen LogP contribution in [0.5, 0.6) is 5.75 Å². The van der Waals surface area contributed by atoms with Crippen LogP contribution in [-0.2, 0) is 5.41 Å². The Morgan fingerprint density at radius 2 is 1.80 bits per heavy atom. The molecule has 0 saturated carbocycles. The summed E-state index contributed by atoms with van der Waals surface area (Å²) in [5.41, 5.74) is 1.59. The molecule has 0 amide bonds. The summed E-state index contributed by atoms with van der Waals surface area (Å²) in [5.74, 6) is -0.426. The average Bonchev–Trinajstić information content (AvgIpc) is 2.85. The van der Waals surface area contributed by atoms with Crippen LogP contribution in [-0.4, -0.2) is 11.7 Å². The number of hydrogen-bond donors (Lipinski definition) is 1. The van der Waals surface area contributed by atoms with Crippen LogP contribution in [0.25, 0.3) is 16.8 Å². The van der Waals surface area contributed by atoms with E-state index in [1.807, 2.05) is 12.1 Å². The van der Waals surface area contributed by atoms with E-state index in [-0.39, 0.29) is 11.0 Å². The van der Waals surface area contributed by atoms with Crippen LogP contribution in [0.2, 0.25) is 0 Å². The van der Waals surface area contributed by atoms with Gasteiger partial charge in [0.25, 0.3) is 5.43 Å². The van der Waals surface area contributed by atoms with Crippen molar-refractivity contribution in [3.8, 4) is 5.75 Å². The highest BCUT2D eigenvalue weighted by atomic mass is 16.3. The smallest absolute Gasteiger partial charge is 0.268 e. The van der Waals surface area contributed by atoms with Gasteiger partial charge in [-0.05, 0) is 35.4 Å². The predicted octanol–water partition coefficient (Wildman–Crippen LogP) is 3.30. The normalized spacial score (nSPS) is 17.6. The van der Waals surface area contributed by atoms with Gasteiger partial charge in [0.2, 0.25) is 5.43 Å². The number of allylic oxidation sites excluding steroid dienone is 1. The first-order chi connectivity index (χ1) is 11.9. The summed E-state index contributed by atoms with van der Waals surface area (Å²) < 4.78 is 0. The molecule has 4 rings (SSSR count). The molecule has 0 atom stereocenters. The van der Waals surface area contributed by atoms with E-state index in [1.165, 1.54) is 16.3 Å². The molecule has 0 unspecified atom stereocenters. The fraction of sp³-hybridized carbons (Fsp3) is 0.238. The van der Waals surface area contributed by atoms with Gasteiger partial charge < -0.3 is 10.0 Å². The lowest BCUT2D eigenvalue weighted by Gasteiger charge is -2.26. The fourth-order valence-corrected chi connectivity index (χ4v) is 4.00. The summed E-state index contributed by atoms with van der Waals surface area (Å²) in [6, 6.07) is 12.5. The molecule has 0 bridgehead atoms. The van der Waals surface area contributed by atoms with E-state index >= 15 is 0 Å². The molecule has 0 aromatic heterocycles. The zero-order valence-electron chi connectivity index (χ0n) is 14.5. The highest BCUT2D eigenvalue weighted by molar-refractivity contribution is 5.95. The molecular weight excluding hydrogens is 314 g/mol. The van der Waals surface area contributed by atoms with E-state index in [2.05, 4.69) is 49.9 Å². The SMILES string of the molecule is CCN1/C(=C/c2c(O)c(=O)c2=O)C(C)(C)c2c1ccc1ccccc21. The lowest BCUT2D eigenvalue weighted by molar-refractivity contribution is 0.461. The maximum Gasteiger partial charge on any atom is 0.268 e. The van der Waals surface area contributed by atoms with Crippen LogP contribution in [0, 0.1) is 0 Å². The zero-order chi connectivity index (χ0) is 17.9. The van der Waals surface area contributed by atoms with Crippen LogP contribution in [0.1, 0.15) is 31.9 Å². The van der Waals surface area contributed by atoms with Crippen LogP contribution in [0.3, 0.4) is 0 Å². The highest BCUT2D eigenvalue weighted by Gasteiger charge is 2.41. The molecule has 0 radical (unpaired) electrons. The maximum atomic E-state index is 11.8. The van der Waals surface area contributed by atoms with Crippen molar-refractivity contribution in [1.29, 1.82) is 0 Å². The Bertz CT molecular complexity index is 1110. The third-order valence-corrected chi connectivity index (χ3v) is 5.27. The molecule has 25 heavy (non-hydrogen) atoms. The lowest BCUT2D eigenvalue weighted by atomic mass is 9.80. The molecule has 4 heteroatoms. The Morgan fingerprint density at radius 3 is 2.48 bits per heavy atom. The number of benzene rings is 2. The number of fused-ring (bicyclic) bond motifs is 3. The number of anilines is 1. The summed E-state index contributed by atoms with van der Waals surface area (Å²) in [5, 5.41) is 12.1. The van der Waals surface area contributed by atoms with Crippen LogP contribution in [0.15, 0.2) is 51.7 Å². The average molecular weight is 333 g/mol. The van der Waals surface area contributed by atoms with Gasteiger partial charge >= 0.3 is 0 Å². The molecule has 1 aliphatic rings. The van der Waals surface area contributed by atoms with Gasteiger partial charge in [0.05, 0.1) is 5.56 Å². The Morgan fingerprint density at radius 1 is 1.08 bits per heavy atom. The molecule has 1 heterocycles. The molecule has 1 N–H and O–H groups in total. The lowest BCUT2D eigenvalue weighted by Crippen LogP contribution is -2.34. The van der Waals surface area contributed by atoms with Crippen LogP contribution < -0.4 is 15.8 Å². The standard InChI is InChI=1S/C21H19NO3/c1-4-22-15-10-9-12-7-5-6-8-13(12)17(15)21(2,3)16(22)11-14-18(23)20(25)19(14)24/h5-11,23H,4H2,1-3H3/b16-11+. The first-order valence-corrected chi connectivity index (χ1v) is 8.42. The van der Waals surface area contributed by atoms with E-state index < -0.39 is 16.6 Å². The fourth-order valence-electron chi connectivity index (χ4n) is 4.00. The number of aromatic hydroxyl groups is 1.